The Kier molecular flexibility index (Phi) is 2.40. The molecule has 0 unspecified atom stereocenters. The molecule has 2 heterocycles. The second-order valence-corrected chi connectivity index (χ2v) is 3.33. The standard InChI is InChI=1S/C10H8N2O4/c13-8-3-4-9(14)12(8)6-1-2-7(10(15)16)11-5-6/h1-2,5H,3-4H2,(H,15,16). The van der Waals surface area contributed by atoms with Crippen molar-refractivity contribution in [3.63, 3.8) is 0 Å². The first-order chi connectivity index (χ1) is 7.59. The number of amides is 2. The van der Waals surface area contributed by atoms with Gasteiger partial charge in [-0.05, 0) is 12.1 Å². The Balaban J connectivity index is 2.31. The highest BCUT2D eigenvalue weighted by atomic mass is 16.4. The summed E-state index contributed by atoms with van der Waals surface area (Å²) in [6, 6.07) is 2.66. The Morgan fingerprint density at radius 1 is 1.25 bits per heavy atom. The van der Waals surface area contributed by atoms with Gasteiger partial charge in [-0.15, -0.1) is 0 Å². The molecule has 16 heavy (non-hydrogen) atoms. The van der Waals surface area contributed by atoms with E-state index in [1.165, 1.54) is 18.3 Å². The number of pyridine rings is 1. The van der Waals surface area contributed by atoms with Gasteiger partial charge in [0.2, 0.25) is 11.8 Å². The van der Waals surface area contributed by atoms with Crippen molar-refractivity contribution in [3.8, 4) is 0 Å². The van der Waals surface area contributed by atoms with E-state index in [4.69, 9.17) is 5.11 Å². The predicted molar refractivity (Wildman–Crippen MR) is 52.9 cm³/mol. The maximum Gasteiger partial charge on any atom is 0.354 e. The first-order valence-electron chi connectivity index (χ1n) is 4.65. The summed E-state index contributed by atoms with van der Waals surface area (Å²) in [5.41, 5.74) is 0.195. The highest BCUT2D eigenvalue weighted by Crippen LogP contribution is 2.21. The van der Waals surface area contributed by atoms with E-state index < -0.39 is 5.97 Å². The van der Waals surface area contributed by atoms with Crippen LogP contribution in [0.4, 0.5) is 5.69 Å². The van der Waals surface area contributed by atoms with Crippen LogP contribution in [-0.2, 0) is 9.59 Å². The summed E-state index contributed by atoms with van der Waals surface area (Å²) in [4.78, 5) is 38.0. The quantitative estimate of drug-likeness (QED) is 0.730. The summed E-state index contributed by atoms with van der Waals surface area (Å²) in [5.74, 6) is -1.71. The molecule has 0 aliphatic carbocycles. The zero-order chi connectivity index (χ0) is 11.7. The lowest BCUT2D eigenvalue weighted by atomic mass is 10.3. The van der Waals surface area contributed by atoms with Crippen molar-refractivity contribution in [2.45, 2.75) is 12.8 Å². The first kappa shape index (κ1) is 10.3. The van der Waals surface area contributed by atoms with Gasteiger partial charge in [0.15, 0.2) is 0 Å². The zero-order valence-electron chi connectivity index (χ0n) is 8.21. The molecule has 0 atom stereocenters. The summed E-state index contributed by atoms with van der Waals surface area (Å²) in [6.07, 6.45) is 1.60. The van der Waals surface area contributed by atoms with Gasteiger partial charge in [-0.25, -0.2) is 14.7 Å². The van der Waals surface area contributed by atoms with E-state index in [-0.39, 0.29) is 30.3 Å². The minimum absolute atomic E-state index is 0.122. The van der Waals surface area contributed by atoms with Crippen LogP contribution in [-0.4, -0.2) is 27.9 Å². The van der Waals surface area contributed by atoms with Gasteiger partial charge in [0.05, 0.1) is 11.9 Å². The summed E-state index contributed by atoms with van der Waals surface area (Å²) < 4.78 is 0. The monoisotopic (exact) mass is 220 g/mol. The number of aromatic carboxylic acids is 1. The Morgan fingerprint density at radius 2 is 1.88 bits per heavy atom. The number of carbonyl (C=O) groups excluding carboxylic acids is 2. The molecule has 2 rings (SSSR count). The number of aromatic nitrogens is 1. The van der Waals surface area contributed by atoms with Crippen LogP contribution in [0.15, 0.2) is 18.3 Å². The second-order valence-electron chi connectivity index (χ2n) is 3.33. The maximum atomic E-state index is 11.4. The van der Waals surface area contributed by atoms with E-state index in [1.54, 1.807) is 0 Å². The van der Waals surface area contributed by atoms with Crippen LogP contribution in [0.3, 0.4) is 0 Å². The molecule has 1 aromatic rings. The molecule has 0 saturated carbocycles. The maximum absolute atomic E-state index is 11.4. The zero-order valence-corrected chi connectivity index (χ0v) is 8.21. The normalized spacial score (nSPS) is 15.6. The highest BCUT2D eigenvalue weighted by molar-refractivity contribution is 6.19. The van der Waals surface area contributed by atoms with E-state index in [0.29, 0.717) is 5.69 Å². The third-order valence-electron chi connectivity index (χ3n) is 2.28. The number of hydrogen-bond donors (Lipinski definition) is 1. The molecular formula is C10H8N2O4. The van der Waals surface area contributed by atoms with Gasteiger partial charge in [0.25, 0.3) is 0 Å². The van der Waals surface area contributed by atoms with Gasteiger partial charge in [0.1, 0.15) is 5.69 Å². The summed E-state index contributed by atoms with van der Waals surface area (Å²) >= 11 is 0. The Bertz CT molecular complexity index is 450. The molecule has 0 radical (unpaired) electrons. The lowest BCUT2D eigenvalue weighted by molar-refractivity contribution is -0.121. The minimum atomic E-state index is -1.15. The number of imide groups is 1. The molecule has 0 spiro atoms. The van der Waals surface area contributed by atoms with Crippen LogP contribution in [0.2, 0.25) is 0 Å². The molecule has 1 aliphatic rings. The number of hydrogen-bond acceptors (Lipinski definition) is 4. The van der Waals surface area contributed by atoms with Crippen LogP contribution >= 0.6 is 0 Å². The van der Waals surface area contributed by atoms with Crippen LogP contribution < -0.4 is 4.90 Å². The highest BCUT2D eigenvalue weighted by Gasteiger charge is 2.30. The van der Waals surface area contributed by atoms with Crippen molar-refractivity contribution in [2.75, 3.05) is 4.90 Å². The van der Waals surface area contributed by atoms with Gasteiger partial charge >= 0.3 is 5.97 Å². The first-order valence-corrected chi connectivity index (χ1v) is 4.65. The predicted octanol–water partition coefficient (Wildman–Crippen LogP) is 0.433. The van der Waals surface area contributed by atoms with Gasteiger partial charge in [-0.2, -0.15) is 0 Å². The average molecular weight is 220 g/mol. The molecule has 1 saturated heterocycles. The van der Waals surface area contributed by atoms with Crippen molar-refractivity contribution < 1.29 is 19.5 Å². The smallest absolute Gasteiger partial charge is 0.354 e. The lowest BCUT2D eigenvalue weighted by Gasteiger charge is -2.12. The van der Waals surface area contributed by atoms with Crippen molar-refractivity contribution in [1.29, 1.82) is 0 Å². The van der Waals surface area contributed by atoms with E-state index in [1.807, 2.05) is 0 Å². The molecule has 0 aromatic carbocycles. The number of rotatable bonds is 2. The molecule has 1 fully saturated rings. The van der Waals surface area contributed by atoms with Crippen molar-refractivity contribution in [3.05, 3.63) is 24.0 Å². The summed E-state index contributed by atoms with van der Waals surface area (Å²) in [5, 5.41) is 8.64. The van der Waals surface area contributed by atoms with Gasteiger partial charge in [0, 0.05) is 12.8 Å². The fourth-order valence-corrected chi connectivity index (χ4v) is 1.51. The second kappa shape index (κ2) is 3.73. The van der Waals surface area contributed by atoms with Crippen LogP contribution in [0.1, 0.15) is 23.3 Å². The van der Waals surface area contributed by atoms with Crippen LogP contribution in [0.5, 0.6) is 0 Å². The number of nitrogens with zero attached hydrogens (tertiary/aromatic N) is 2. The lowest BCUT2D eigenvalue weighted by Crippen LogP contribution is -2.28. The van der Waals surface area contributed by atoms with E-state index >= 15 is 0 Å². The van der Waals surface area contributed by atoms with Crippen molar-refractivity contribution in [1.82, 2.24) is 4.98 Å². The Labute approximate surface area is 90.5 Å². The SMILES string of the molecule is O=C(O)c1ccc(N2C(=O)CCC2=O)cn1. The molecule has 0 bridgehead atoms. The Hall–Kier alpha value is -2.24. The molecule has 1 aliphatic heterocycles. The Morgan fingerprint density at radius 3 is 2.31 bits per heavy atom. The molecule has 6 nitrogen and oxygen atoms in total. The third kappa shape index (κ3) is 1.65. The molecule has 1 N–H and O–H groups in total. The number of anilines is 1. The molecule has 2 amide bonds. The molecular weight excluding hydrogens is 212 g/mol. The molecule has 1 aromatic heterocycles. The summed E-state index contributed by atoms with van der Waals surface area (Å²) in [6.45, 7) is 0. The topological polar surface area (TPSA) is 87.6 Å². The van der Waals surface area contributed by atoms with Gasteiger partial charge in [-0.3, -0.25) is 9.59 Å². The summed E-state index contributed by atoms with van der Waals surface area (Å²) in [7, 11) is 0. The molecule has 6 heteroatoms. The van der Waals surface area contributed by atoms with Gasteiger partial charge in [-0.1, -0.05) is 0 Å². The minimum Gasteiger partial charge on any atom is -0.477 e. The van der Waals surface area contributed by atoms with Crippen LogP contribution in [0, 0.1) is 0 Å². The van der Waals surface area contributed by atoms with Crippen molar-refractivity contribution in [2.24, 2.45) is 0 Å². The van der Waals surface area contributed by atoms with E-state index in [2.05, 4.69) is 4.98 Å². The van der Waals surface area contributed by atoms with Crippen LogP contribution in [0.25, 0.3) is 0 Å². The largest absolute Gasteiger partial charge is 0.477 e. The van der Waals surface area contributed by atoms with Gasteiger partial charge < -0.3 is 5.11 Å². The van der Waals surface area contributed by atoms with E-state index in [9.17, 15) is 14.4 Å². The average Bonchev–Trinajstić information content (AvgIpc) is 2.59. The van der Waals surface area contributed by atoms with Crippen molar-refractivity contribution >= 4 is 23.5 Å². The molecule has 82 valence electrons. The number of carbonyl (C=O) groups is 3. The third-order valence-corrected chi connectivity index (χ3v) is 2.28. The fraction of sp³-hybridized carbons (Fsp3) is 0.200. The number of carboxylic acids is 1. The fourth-order valence-electron chi connectivity index (χ4n) is 1.51. The van der Waals surface area contributed by atoms with E-state index in [0.717, 1.165) is 4.90 Å². The number of carboxylic acid groups (broad SMARTS) is 1.